The van der Waals surface area contributed by atoms with E-state index in [4.69, 9.17) is 0 Å². The number of hydrogen-bond acceptors (Lipinski definition) is 2. The van der Waals surface area contributed by atoms with Crippen molar-refractivity contribution in [3.63, 3.8) is 0 Å². The van der Waals surface area contributed by atoms with Crippen LogP contribution < -0.4 is 5.32 Å². The van der Waals surface area contributed by atoms with Gasteiger partial charge in [0.15, 0.2) is 0 Å². The lowest BCUT2D eigenvalue weighted by molar-refractivity contribution is 0.0983. The monoisotopic (exact) mass is 333 g/mol. The molecule has 2 heterocycles. The standard InChI is InChI=1S/C16H27N3.2ClH/c1-18-11-5-8-15(18)16(14-6-3-2-4-7-14)19-12-9-17-10-13-19;;/h5,8,11,14,16-17H,2-4,6-7,9-10,12-13H2,1H3;2*1H/t16-;;/m0../s1. The summed E-state index contributed by atoms with van der Waals surface area (Å²) in [5.41, 5.74) is 1.52. The molecule has 1 aliphatic heterocycles. The summed E-state index contributed by atoms with van der Waals surface area (Å²) in [6.45, 7) is 4.69. The normalized spacial score (nSPS) is 22.1. The Bertz CT molecular complexity index is 378. The molecule has 122 valence electrons. The van der Waals surface area contributed by atoms with Gasteiger partial charge >= 0.3 is 0 Å². The summed E-state index contributed by atoms with van der Waals surface area (Å²) in [7, 11) is 2.20. The molecule has 1 saturated heterocycles. The Balaban J connectivity index is 0.00000110. The zero-order valence-electron chi connectivity index (χ0n) is 13.0. The van der Waals surface area contributed by atoms with Crippen LogP contribution in [0, 0.1) is 5.92 Å². The molecule has 5 heteroatoms. The number of piperazine rings is 1. The van der Waals surface area contributed by atoms with E-state index in [-0.39, 0.29) is 24.8 Å². The van der Waals surface area contributed by atoms with Crippen molar-refractivity contribution in [2.45, 2.75) is 38.1 Å². The Morgan fingerprint density at radius 3 is 2.33 bits per heavy atom. The van der Waals surface area contributed by atoms with Gasteiger partial charge in [-0.25, -0.2) is 0 Å². The summed E-state index contributed by atoms with van der Waals surface area (Å²) >= 11 is 0. The molecule has 1 aliphatic carbocycles. The molecular weight excluding hydrogens is 305 g/mol. The number of hydrogen-bond donors (Lipinski definition) is 1. The van der Waals surface area contributed by atoms with E-state index in [2.05, 4.69) is 40.2 Å². The van der Waals surface area contributed by atoms with Gasteiger partial charge in [-0.2, -0.15) is 0 Å². The lowest BCUT2D eigenvalue weighted by Crippen LogP contribution is -2.47. The van der Waals surface area contributed by atoms with Crippen LogP contribution in [0.25, 0.3) is 0 Å². The average Bonchev–Trinajstić information content (AvgIpc) is 2.88. The van der Waals surface area contributed by atoms with Crippen LogP contribution >= 0.6 is 24.8 Å². The van der Waals surface area contributed by atoms with E-state index in [0.29, 0.717) is 6.04 Å². The van der Waals surface area contributed by atoms with E-state index in [1.807, 2.05) is 0 Å². The van der Waals surface area contributed by atoms with Crippen molar-refractivity contribution >= 4 is 24.8 Å². The van der Waals surface area contributed by atoms with Gasteiger partial charge in [0.1, 0.15) is 0 Å². The fourth-order valence-electron chi connectivity index (χ4n) is 3.92. The largest absolute Gasteiger partial charge is 0.353 e. The lowest BCUT2D eigenvalue weighted by atomic mass is 9.81. The predicted octanol–water partition coefficient (Wildman–Crippen LogP) is 3.40. The van der Waals surface area contributed by atoms with Gasteiger partial charge in [-0.05, 0) is 30.9 Å². The predicted molar refractivity (Wildman–Crippen MR) is 93.7 cm³/mol. The van der Waals surface area contributed by atoms with Gasteiger partial charge in [-0.3, -0.25) is 4.90 Å². The molecule has 0 radical (unpaired) electrons. The molecular formula is C16H29Cl2N3. The molecule has 0 aromatic carbocycles. The van der Waals surface area contributed by atoms with Crippen molar-refractivity contribution in [1.82, 2.24) is 14.8 Å². The van der Waals surface area contributed by atoms with Crippen molar-refractivity contribution in [3.8, 4) is 0 Å². The minimum atomic E-state index is 0. The van der Waals surface area contributed by atoms with Crippen LogP contribution in [0.15, 0.2) is 18.3 Å². The lowest BCUT2D eigenvalue weighted by Gasteiger charge is -2.41. The minimum Gasteiger partial charge on any atom is -0.353 e. The first kappa shape index (κ1) is 18.8. The Hall–Kier alpha value is -0.220. The van der Waals surface area contributed by atoms with E-state index in [9.17, 15) is 0 Å². The third-order valence-corrected chi connectivity index (χ3v) is 4.93. The van der Waals surface area contributed by atoms with Crippen LogP contribution in [-0.2, 0) is 7.05 Å². The molecule has 0 bridgehead atoms. The zero-order valence-corrected chi connectivity index (χ0v) is 14.6. The summed E-state index contributed by atoms with van der Waals surface area (Å²) in [6, 6.07) is 5.18. The van der Waals surface area contributed by atoms with Crippen LogP contribution in [0.5, 0.6) is 0 Å². The topological polar surface area (TPSA) is 20.2 Å². The Morgan fingerprint density at radius 2 is 1.76 bits per heavy atom. The van der Waals surface area contributed by atoms with Crippen molar-refractivity contribution in [1.29, 1.82) is 0 Å². The molecule has 1 aromatic heterocycles. The summed E-state index contributed by atoms with van der Waals surface area (Å²) in [4.78, 5) is 2.72. The van der Waals surface area contributed by atoms with Crippen LogP contribution in [0.1, 0.15) is 43.8 Å². The van der Waals surface area contributed by atoms with E-state index in [1.54, 1.807) is 0 Å². The summed E-state index contributed by atoms with van der Waals surface area (Å²) < 4.78 is 2.33. The van der Waals surface area contributed by atoms with Gasteiger partial charge in [0, 0.05) is 45.1 Å². The van der Waals surface area contributed by atoms with Crippen LogP contribution in [0.3, 0.4) is 0 Å². The molecule has 2 aliphatic rings. The number of nitrogens with one attached hydrogen (secondary N) is 1. The minimum absolute atomic E-state index is 0. The SMILES string of the molecule is Cl.Cl.Cn1cccc1[C@H](C1CCCCC1)N1CCNCC1. The highest BCUT2D eigenvalue weighted by Crippen LogP contribution is 2.38. The Kier molecular flexibility index (Phi) is 8.10. The van der Waals surface area contributed by atoms with Gasteiger partial charge in [0.2, 0.25) is 0 Å². The molecule has 21 heavy (non-hydrogen) atoms. The first-order chi connectivity index (χ1) is 9.36. The number of aromatic nitrogens is 1. The molecule has 3 nitrogen and oxygen atoms in total. The maximum absolute atomic E-state index is 3.48. The average molecular weight is 334 g/mol. The Morgan fingerprint density at radius 1 is 1.10 bits per heavy atom. The highest BCUT2D eigenvalue weighted by atomic mass is 35.5. The van der Waals surface area contributed by atoms with Crippen LogP contribution in [0.2, 0.25) is 0 Å². The van der Waals surface area contributed by atoms with E-state index < -0.39 is 0 Å². The second kappa shape index (κ2) is 9.04. The third-order valence-electron chi connectivity index (χ3n) is 4.93. The van der Waals surface area contributed by atoms with Gasteiger partial charge in [0.25, 0.3) is 0 Å². The van der Waals surface area contributed by atoms with Crippen molar-refractivity contribution in [3.05, 3.63) is 24.0 Å². The molecule has 0 unspecified atom stereocenters. The number of rotatable bonds is 3. The summed E-state index contributed by atoms with van der Waals surface area (Å²) in [6.07, 6.45) is 9.33. The number of nitrogens with zero attached hydrogens (tertiary/aromatic N) is 2. The molecule has 0 amide bonds. The number of aryl methyl sites for hydroxylation is 1. The van der Waals surface area contributed by atoms with E-state index in [0.717, 1.165) is 19.0 Å². The second-order valence-corrected chi connectivity index (χ2v) is 6.17. The van der Waals surface area contributed by atoms with Gasteiger partial charge in [-0.15, -0.1) is 24.8 Å². The summed E-state index contributed by atoms with van der Waals surface area (Å²) in [5, 5.41) is 3.48. The second-order valence-electron chi connectivity index (χ2n) is 6.17. The molecule has 1 atom stereocenters. The van der Waals surface area contributed by atoms with E-state index >= 15 is 0 Å². The van der Waals surface area contributed by atoms with Crippen molar-refractivity contribution in [2.75, 3.05) is 26.2 Å². The van der Waals surface area contributed by atoms with Gasteiger partial charge < -0.3 is 9.88 Å². The molecule has 0 spiro atoms. The molecule has 1 saturated carbocycles. The number of halogens is 2. The highest BCUT2D eigenvalue weighted by Gasteiger charge is 2.32. The zero-order chi connectivity index (χ0) is 13.1. The quantitative estimate of drug-likeness (QED) is 0.914. The maximum atomic E-state index is 3.48. The molecule has 3 rings (SSSR count). The fraction of sp³-hybridized carbons (Fsp3) is 0.750. The third kappa shape index (κ3) is 4.38. The van der Waals surface area contributed by atoms with Crippen molar-refractivity contribution in [2.24, 2.45) is 13.0 Å². The highest BCUT2D eigenvalue weighted by molar-refractivity contribution is 5.85. The molecule has 1 N–H and O–H groups in total. The summed E-state index contributed by atoms with van der Waals surface area (Å²) in [5.74, 6) is 0.862. The molecule has 2 fully saturated rings. The van der Waals surface area contributed by atoms with Crippen LogP contribution in [-0.4, -0.2) is 35.6 Å². The Labute approximate surface area is 141 Å². The molecule has 1 aromatic rings. The van der Waals surface area contributed by atoms with Gasteiger partial charge in [-0.1, -0.05) is 19.3 Å². The van der Waals surface area contributed by atoms with Crippen molar-refractivity contribution < 1.29 is 0 Å². The first-order valence-electron chi connectivity index (χ1n) is 7.92. The van der Waals surface area contributed by atoms with E-state index in [1.165, 1.54) is 50.9 Å². The first-order valence-corrected chi connectivity index (χ1v) is 7.92. The van der Waals surface area contributed by atoms with Gasteiger partial charge in [0.05, 0.1) is 6.04 Å². The van der Waals surface area contributed by atoms with Crippen LogP contribution in [0.4, 0.5) is 0 Å². The maximum Gasteiger partial charge on any atom is 0.0529 e. The smallest absolute Gasteiger partial charge is 0.0529 e. The fourth-order valence-corrected chi connectivity index (χ4v) is 3.92.